The van der Waals surface area contributed by atoms with Gasteiger partial charge in [0, 0.05) is 5.56 Å². The van der Waals surface area contributed by atoms with E-state index in [0.29, 0.717) is 12.2 Å². The second-order valence-electron chi connectivity index (χ2n) is 5.72. The summed E-state index contributed by atoms with van der Waals surface area (Å²) in [6.45, 7) is 0.478. The third kappa shape index (κ3) is 3.86. The maximum Gasteiger partial charge on any atom is 0.341 e. The van der Waals surface area contributed by atoms with E-state index in [4.69, 9.17) is 14.2 Å². The molecule has 26 heavy (non-hydrogen) atoms. The lowest BCUT2D eigenvalue weighted by molar-refractivity contribution is -0.133. The summed E-state index contributed by atoms with van der Waals surface area (Å²) in [7, 11) is 2.85. The summed E-state index contributed by atoms with van der Waals surface area (Å²) >= 11 is 0. The van der Waals surface area contributed by atoms with Crippen LogP contribution in [0.15, 0.2) is 73.0 Å². The molecular formula is C22H20O4. The Morgan fingerprint density at radius 1 is 0.962 bits per heavy atom. The van der Waals surface area contributed by atoms with Crippen molar-refractivity contribution in [3.63, 3.8) is 0 Å². The van der Waals surface area contributed by atoms with Crippen molar-refractivity contribution >= 4 is 22.3 Å². The second-order valence-corrected chi connectivity index (χ2v) is 5.72. The van der Waals surface area contributed by atoms with Crippen LogP contribution in [0.3, 0.4) is 0 Å². The molecule has 0 saturated carbocycles. The molecule has 0 atom stereocenters. The van der Waals surface area contributed by atoms with Gasteiger partial charge in [0.15, 0.2) is 0 Å². The molecule has 0 unspecified atom stereocenters. The normalized spacial score (nSPS) is 11.2. The molecule has 0 bridgehead atoms. The van der Waals surface area contributed by atoms with Crippen LogP contribution in [0.2, 0.25) is 0 Å². The van der Waals surface area contributed by atoms with Crippen molar-refractivity contribution in [2.45, 2.75) is 6.61 Å². The molecule has 0 radical (unpaired) electrons. The highest BCUT2D eigenvalue weighted by atomic mass is 16.5. The predicted molar refractivity (Wildman–Crippen MR) is 102 cm³/mol. The average Bonchev–Trinajstić information content (AvgIpc) is 2.70. The summed E-state index contributed by atoms with van der Waals surface area (Å²) < 4.78 is 15.9. The zero-order valence-corrected chi connectivity index (χ0v) is 14.8. The Hall–Kier alpha value is -3.27. The summed E-state index contributed by atoms with van der Waals surface area (Å²) in [5, 5.41) is 1.90. The van der Waals surface area contributed by atoms with E-state index in [0.717, 1.165) is 27.6 Å². The van der Waals surface area contributed by atoms with Crippen molar-refractivity contribution in [1.29, 1.82) is 0 Å². The highest BCUT2D eigenvalue weighted by Gasteiger charge is 2.16. The van der Waals surface area contributed by atoms with E-state index in [9.17, 15) is 4.79 Å². The van der Waals surface area contributed by atoms with Crippen LogP contribution >= 0.6 is 0 Å². The molecule has 4 heteroatoms. The van der Waals surface area contributed by atoms with Crippen molar-refractivity contribution in [2.75, 3.05) is 14.2 Å². The molecule has 0 fully saturated rings. The molecule has 4 nitrogen and oxygen atoms in total. The van der Waals surface area contributed by atoms with Gasteiger partial charge < -0.3 is 14.2 Å². The molecule has 0 aromatic heterocycles. The number of methoxy groups -OCH3 is 2. The van der Waals surface area contributed by atoms with Gasteiger partial charge in [-0.2, -0.15) is 0 Å². The Balaban J connectivity index is 1.97. The molecule has 0 spiro atoms. The van der Waals surface area contributed by atoms with Gasteiger partial charge in [-0.15, -0.1) is 0 Å². The van der Waals surface area contributed by atoms with Crippen molar-refractivity contribution < 1.29 is 19.0 Å². The molecule has 132 valence electrons. The van der Waals surface area contributed by atoms with Gasteiger partial charge in [-0.1, -0.05) is 54.6 Å². The predicted octanol–water partition coefficient (Wildman–Crippen LogP) is 4.58. The second kappa shape index (κ2) is 8.21. The summed E-state index contributed by atoms with van der Waals surface area (Å²) in [6, 6.07) is 21.5. The van der Waals surface area contributed by atoms with Crippen LogP contribution < -0.4 is 4.74 Å². The van der Waals surface area contributed by atoms with Gasteiger partial charge in [0.2, 0.25) is 0 Å². The number of hydrogen-bond acceptors (Lipinski definition) is 4. The van der Waals surface area contributed by atoms with Gasteiger partial charge in [0.25, 0.3) is 0 Å². The molecule has 0 aliphatic heterocycles. The van der Waals surface area contributed by atoms with E-state index in [1.807, 2.05) is 66.7 Å². The minimum Gasteiger partial charge on any atom is -0.503 e. The van der Waals surface area contributed by atoms with E-state index in [2.05, 4.69) is 0 Å². The first-order valence-electron chi connectivity index (χ1n) is 8.24. The third-order valence-electron chi connectivity index (χ3n) is 4.03. The molecule has 3 rings (SSSR count). The molecular weight excluding hydrogens is 328 g/mol. The van der Waals surface area contributed by atoms with Crippen LogP contribution in [0.4, 0.5) is 0 Å². The number of carbonyl (C=O) groups excluding carboxylic acids is 1. The molecule has 3 aromatic carbocycles. The Kier molecular flexibility index (Phi) is 5.54. The van der Waals surface area contributed by atoms with Crippen LogP contribution in [0, 0.1) is 0 Å². The van der Waals surface area contributed by atoms with Crippen molar-refractivity contribution in [2.24, 2.45) is 0 Å². The summed E-state index contributed by atoms with van der Waals surface area (Å²) in [5.74, 6) is 0.283. The van der Waals surface area contributed by atoms with Crippen LogP contribution in [-0.4, -0.2) is 20.2 Å². The Morgan fingerprint density at radius 3 is 2.50 bits per heavy atom. The van der Waals surface area contributed by atoms with Gasteiger partial charge in [-0.05, 0) is 28.5 Å². The number of esters is 1. The molecule has 0 heterocycles. The van der Waals surface area contributed by atoms with Gasteiger partial charge in [0.05, 0.1) is 20.5 Å². The van der Waals surface area contributed by atoms with Gasteiger partial charge >= 0.3 is 5.97 Å². The number of fused-ring (bicyclic) bond motifs is 1. The maximum absolute atomic E-state index is 12.1. The largest absolute Gasteiger partial charge is 0.503 e. The molecule has 0 amide bonds. The fraction of sp³-hybridized carbons (Fsp3) is 0.136. The molecule has 0 N–H and O–H groups in total. The highest BCUT2D eigenvalue weighted by molar-refractivity contribution is 6.20. The lowest BCUT2D eigenvalue weighted by Gasteiger charge is -2.12. The maximum atomic E-state index is 12.1. The zero-order chi connectivity index (χ0) is 18.4. The zero-order valence-electron chi connectivity index (χ0n) is 14.8. The fourth-order valence-corrected chi connectivity index (χ4v) is 2.77. The first kappa shape index (κ1) is 17.5. The fourth-order valence-electron chi connectivity index (χ4n) is 2.77. The van der Waals surface area contributed by atoms with Crippen molar-refractivity contribution in [3.8, 4) is 5.75 Å². The van der Waals surface area contributed by atoms with Crippen LogP contribution in [0.1, 0.15) is 11.1 Å². The van der Waals surface area contributed by atoms with E-state index in [-0.39, 0.29) is 0 Å². The number of rotatable bonds is 6. The van der Waals surface area contributed by atoms with E-state index >= 15 is 0 Å². The summed E-state index contributed by atoms with van der Waals surface area (Å²) in [6.07, 6.45) is 1.40. The first-order chi connectivity index (χ1) is 12.7. The van der Waals surface area contributed by atoms with Gasteiger partial charge in [0.1, 0.15) is 17.9 Å². The Bertz CT molecular complexity index is 929. The Labute approximate surface area is 152 Å². The lowest BCUT2D eigenvalue weighted by Crippen LogP contribution is -2.05. The molecule has 0 aliphatic carbocycles. The summed E-state index contributed by atoms with van der Waals surface area (Å²) in [5.41, 5.74) is 2.19. The van der Waals surface area contributed by atoms with Gasteiger partial charge in [-0.25, -0.2) is 4.79 Å². The number of ether oxygens (including phenoxy) is 3. The highest BCUT2D eigenvalue weighted by Crippen LogP contribution is 2.29. The van der Waals surface area contributed by atoms with E-state index in [1.54, 1.807) is 0 Å². The topological polar surface area (TPSA) is 44.8 Å². The quantitative estimate of drug-likeness (QED) is 0.372. The standard InChI is InChI=1S/C22H20O4/c1-24-15-21(22(23)25-2)19-10-6-9-17-11-12-18(13-20(17)19)26-14-16-7-4-3-5-8-16/h3-13,15H,14H2,1-2H3/b21-15+. The molecule has 0 aliphatic rings. The van der Waals surface area contributed by atoms with Crippen LogP contribution in [-0.2, 0) is 20.9 Å². The number of benzene rings is 3. The first-order valence-corrected chi connectivity index (χ1v) is 8.24. The van der Waals surface area contributed by atoms with Crippen molar-refractivity contribution in [1.82, 2.24) is 0 Å². The van der Waals surface area contributed by atoms with E-state index in [1.165, 1.54) is 20.5 Å². The number of carbonyl (C=O) groups is 1. The van der Waals surface area contributed by atoms with Crippen LogP contribution in [0.5, 0.6) is 5.75 Å². The lowest BCUT2D eigenvalue weighted by atomic mass is 9.98. The SMILES string of the molecule is CO/C=C(/C(=O)OC)c1cccc2ccc(OCc3ccccc3)cc12. The van der Waals surface area contributed by atoms with Crippen molar-refractivity contribution in [3.05, 3.63) is 84.1 Å². The monoisotopic (exact) mass is 348 g/mol. The Morgan fingerprint density at radius 2 is 1.77 bits per heavy atom. The molecule has 3 aromatic rings. The average molecular weight is 348 g/mol. The van der Waals surface area contributed by atoms with Gasteiger partial charge in [-0.3, -0.25) is 0 Å². The smallest absolute Gasteiger partial charge is 0.341 e. The van der Waals surface area contributed by atoms with E-state index < -0.39 is 5.97 Å². The summed E-state index contributed by atoms with van der Waals surface area (Å²) in [4.78, 5) is 12.1. The van der Waals surface area contributed by atoms with Crippen LogP contribution in [0.25, 0.3) is 16.3 Å². The minimum absolute atomic E-state index is 0.362. The molecule has 0 saturated heterocycles. The third-order valence-corrected chi connectivity index (χ3v) is 4.03. The minimum atomic E-state index is -0.449. The number of hydrogen-bond donors (Lipinski definition) is 0.